The van der Waals surface area contributed by atoms with Gasteiger partial charge in [0, 0.05) is 23.2 Å². The average Bonchev–Trinajstić information content (AvgIpc) is 2.72. The first-order valence-corrected chi connectivity index (χ1v) is 8.60. The van der Waals surface area contributed by atoms with Gasteiger partial charge < -0.3 is 0 Å². The zero-order chi connectivity index (χ0) is 17.6. The molecule has 2 nitrogen and oxygen atoms in total. The van der Waals surface area contributed by atoms with Crippen LogP contribution >= 0.6 is 0 Å². The van der Waals surface area contributed by atoms with E-state index in [-0.39, 0.29) is 0 Å². The molecule has 0 radical (unpaired) electrons. The van der Waals surface area contributed by atoms with E-state index >= 15 is 0 Å². The molecule has 0 aliphatic rings. The molecular formula is C24H18N2. The van der Waals surface area contributed by atoms with E-state index in [0.29, 0.717) is 0 Å². The molecule has 4 rings (SSSR count). The average molecular weight is 334 g/mol. The molecular weight excluding hydrogens is 316 g/mol. The van der Waals surface area contributed by atoms with E-state index < -0.39 is 0 Å². The molecule has 0 N–H and O–H groups in total. The molecule has 0 amide bonds. The Morgan fingerprint density at radius 2 is 0.808 bits per heavy atom. The summed E-state index contributed by atoms with van der Waals surface area (Å²) in [5, 5.41) is 2.20. The molecule has 0 heterocycles. The SMILES string of the molecule is C(=N/c1ccc(/N=C/c2ccccc2)c2ccccc12)/c1ccccc1. The third kappa shape index (κ3) is 3.60. The van der Waals surface area contributed by atoms with E-state index in [1.165, 1.54) is 0 Å². The Hall–Kier alpha value is -3.52. The molecule has 4 aromatic carbocycles. The smallest absolute Gasteiger partial charge is 0.0709 e. The van der Waals surface area contributed by atoms with Crippen LogP contribution in [-0.2, 0) is 0 Å². The summed E-state index contributed by atoms with van der Waals surface area (Å²) >= 11 is 0. The number of rotatable bonds is 4. The fourth-order valence-corrected chi connectivity index (χ4v) is 2.86. The second-order valence-electron chi connectivity index (χ2n) is 5.99. The summed E-state index contributed by atoms with van der Waals surface area (Å²) in [6.45, 7) is 0. The fraction of sp³-hybridized carbons (Fsp3) is 0. The summed E-state index contributed by atoms with van der Waals surface area (Å²) < 4.78 is 0. The second-order valence-corrected chi connectivity index (χ2v) is 5.99. The van der Waals surface area contributed by atoms with Gasteiger partial charge in [-0.3, -0.25) is 9.98 Å². The Balaban J connectivity index is 1.72. The van der Waals surface area contributed by atoms with E-state index in [4.69, 9.17) is 0 Å². The summed E-state index contributed by atoms with van der Waals surface area (Å²) in [6, 6.07) is 32.6. The van der Waals surface area contributed by atoms with Gasteiger partial charge in [-0.25, -0.2) is 0 Å². The molecule has 0 atom stereocenters. The van der Waals surface area contributed by atoms with E-state index in [1.54, 1.807) is 0 Å². The largest absolute Gasteiger partial charge is 0.256 e. The van der Waals surface area contributed by atoms with Gasteiger partial charge in [-0.2, -0.15) is 0 Å². The molecule has 0 aliphatic carbocycles. The molecule has 0 saturated carbocycles. The summed E-state index contributed by atoms with van der Waals surface area (Å²) in [5.41, 5.74) is 4.07. The first-order chi connectivity index (χ1) is 12.9. The Morgan fingerprint density at radius 1 is 0.423 bits per heavy atom. The maximum atomic E-state index is 4.69. The van der Waals surface area contributed by atoms with Crippen molar-refractivity contribution < 1.29 is 0 Å². The van der Waals surface area contributed by atoms with Crippen LogP contribution in [-0.4, -0.2) is 12.4 Å². The molecule has 26 heavy (non-hydrogen) atoms. The first kappa shape index (κ1) is 16.0. The summed E-state index contributed by atoms with van der Waals surface area (Å²) in [4.78, 5) is 9.37. The van der Waals surface area contributed by atoms with Crippen LogP contribution in [0.2, 0.25) is 0 Å². The van der Waals surface area contributed by atoms with E-state index in [9.17, 15) is 0 Å². The first-order valence-electron chi connectivity index (χ1n) is 8.60. The predicted molar refractivity (Wildman–Crippen MR) is 111 cm³/mol. The Bertz CT molecular complexity index is 977. The number of fused-ring (bicyclic) bond motifs is 1. The molecule has 0 fully saturated rings. The van der Waals surface area contributed by atoms with Crippen molar-refractivity contribution in [2.75, 3.05) is 0 Å². The van der Waals surface area contributed by atoms with Crippen LogP contribution in [0.25, 0.3) is 10.8 Å². The minimum Gasteiger partial charge on any atom is -0.256 e. The van der Waals surface area contributed by atoms with Gasteiger partial charge in [-0.15, -0.1) is 0 Å². The topological polar surface area (TPSA) is 24.7 Å². The lowest BCUT2D eigenvalue weighted by Gasteiger charge is -2.05. The monoisotopic (exact) mass is 334 g/mol. The van der Waals surface area contributed by atoms with Crippen LogP contribution in [0.1, 0.15) is 11.1 Å². The maximum Gasteiger partial charge on any atom is 0.0709 e. The molecule has 0 saturated heterocycles. The van der Waals surface area contributed by atoms with E-state index in [1.807, 2.05) is 97.4 Å². The third-order valence-electron chi connectivity index (χ3n) is 4.18. The van der Waals surface area contributed by atoms with Crippen LogP contribution in [0.4, 0.5) is 11.4 Å². The highest BCUT2D eigenvalue weighted by molar-refractivity contribution is 6.02. The van der Waals surface area contributed by atoms with Crippen molar-refractivity contribution in [3.63, 3.8) is 0 Å². The fourth-order valence-electron chi connectivity index (χ4n) is 2.86. The number of nitrogens with zero attached hydrogens (tertiary/aromatic N) is 2. The summed E-state index contributed by atoms with van der Waals surface area (Å²) in [5.74, 6) is 0. The predicted octanol–water partition coefficient (Wildman–Crippen LogP) is 6.34. The van der Waals surface area contributed by atoms with Crippen molar-refractivity contribution in [3.8, 4) is 0 Å². The third-order valence-corrected chi connectivity index (χ3v) is 4.18. The van der Waals surface area contributed by atoms with Gasteiger partial charge in [0.05, 0.1) is 11.4 Å². The summed E-state index contributed by atoms with van der Waals surface area (Å²) in [7, 11) is 0. The van der Waals surface area contributed by atoms with Gasteiger partial charge in [0.2, 0.25) is 0 Å². The van der Waals surface area contributed by atoms with Crippen molar-refractivity contribution in [3.05, 3.63) is 108 Å². The standard InChI is InChI=1S/C24H18N2/c1-3-9-19(10-4-1)17-25-23-15-16-24(22-14-8-7-13-21(22)23)26-18-20-11-5-2-6-12-20/h1-18H/b25-17-,26-18+. The van der Waals surface area contributed by atoms with E-state index in [2.05, 4.69) is 22.1 Å². The minimum absolute atomic E-state index is 0.947. The Kier molecular flexibility index (Phi) is 4.66. The number of aliphatic imine (C=N–C) groups is 2. The Labute approximate surface area is 153 Å². The van der Waals surface area contributed by atoms with Crippen molar-refractivity contribution in [2.24, 2.45) is 9.98 Å². The Morgan fingerprint density at radius 3 is 1.23 bits per heavy atom. The lowest BCUT2D eigenvalue weighted by Crippen LogP contribution is -1.81. The highest BCUT2D eigenvalue weighted by Crippen LogP contribution is 2.33. The molecule has 124 valence electrons. The van der Waals surface area contributed by atoms with Crippen molar-refractivity contribution in [1.29, 1.82) is 0 Å². The number of benzene rings is 4. The lowest BCUT2D eigenvalue weighted by atomic mass is 10.1. The highest BCUT2D eigenvalue weighted by atomic mass is 14.7. The van der Waals surface area contributed by atoms with Gasteiger partial charge in [-0.05, 0) is 23.3 Å². The maximum absolute atomic E-state index is 4.69. The zero-order valence-electron chi connectivity index (χ0n) is 14.3. The molecule has 0 bridgehead atoms. The molecule has 2 heteroatoms. The van der Waals surface area contributed by atoms with Crippen LogP contribution in [0.3, 0.4) is 0 Å². The van der Waals surface area contributed by atoms with Gasteiger partial charge in [0.25, 0.3) is 0 Å². The molecule has 4 aromatic rings. The van der Waals surface area contributed by atoms with Crippen molar-refractivity contribution in [1.82, 2.24) is 0 Å². The van der Waals surface area contributed by atoms with Gasteiger partial charge in [0.1, 0.15) is 0 Å². The van der Waals surface area contributed by atoms with Crippen LogP contribution < -0.4 is 0 Å². The zero-order valence-corrected chi connectivity index (χ0v) is 14.3. The van der Waals surface area contributed by atoms with E-state index in [0.717, 1.165) is 33.3 Å². The van der Waals surface area contributed by atoms with Gasteiger partial charge in [0.15, 0.2) is 0 Å². The quantitative estimate of drug-likeness (QED) is 0.389. The minimum atomic E-state index is 0.947. The normalized spacial score (nSPS) is 11.5. The number of hydrogen-bond donors (Lipinski definition) is 0. The van der Waals surface area contributed by atoms with Gasteiger partial charge in [-0.1, -0.05) is 84.9 Å². The molecule has 0 aromatic heterocycles. The number of hydrogen-bond acceptors (Lipinski definition) is 2. The van der Waals surface area contributed by atoms with Gasteiger partial charge >= 0.3 is 0 Å². The highest BCUT2D eigenvalue weighted by Gasteiger charge is 2.03. The summed E-state index contributed by atoms with van der Waals surface area (Å²) in [6.07, 6.45) is 3.80. The van der Waals surface area contributed by atoms with Crippen LogP contribution in [0.5, 0.6) is 0 Å². The molecule has 0 spiro atoms. The van der Waals surface area contributed by atoms with Crippen molar-refractivity contribution in [2.45, 2.75) is 0 Å². The van der Waals surface area contributed by atoms with Crippen LogP contribution in [0.15, 0.2) is 107 Å². The second kappa shape index (κ2) is 7.58. The molecule has 0 unspecified atom stereocenters. The van der Waals surface area contributed by atoms with Crippen LogP contribution in [0, 0.1) is 0 Å². The molecule has 0 aliphatic heterocycles. The van der Waals surface area contributed by atoms with Crippen molar-refractivity contribution >= 4 is 34.6 Å². The lowest BCUT2D eigenvalue weighted by molar-refractivity contribution is 1.52.